The number of rotatable bonds is 5. The molecule has 0 spiro atoms. The maximum Gasteiger partial charge on any atom is 0.315 e. The Morgan fingerprint density at radius 3 is 2.77 bits per heavy atom. The van der Waals surface area contributed by atoms with Crippen molar-refractivity contribution >= 4 is 17.4 Å². The summed E-state index contributed by atoms with van der Waals surface area (Å²) in [6.45, 7) is 7.48. The van der Waals surface area contributed by atoms with Crippen LogP contribution in [0.5, 0.6) is 0 Å². The van der Waals surface area contributed by atoms with Crippen LogP contribution in [0.15, 0.2) is 28.0 Å². The molecule has 0 saturated carbocycles. The van der Waals surface area contributed by atoms with Gasteiger partial charge in [-0.3, -0.25) is 0 Å². The molecule has 0 radical (unpaired) electrons. The minimum absolute atomic E-state index is 0.148. The van der Waals surface area contributed by atoms with Crippen molar-refractivity contribution < 1.29 is 14.3 Å². The Hall–Kier alpha value is -1.79. The van der Waals surface area contributed by atoms with Crippen LogP contribution in [0.1, 0.15) is 41.9 Å². The molecule has 0 bridgehead atoms. The fourth-order valence-electron chi connectivity index (χ4n) is 2.33. The van der Waals surface area contributed by atoms with E-state index in [1.54, 1.807) is 6.92 Å². The third-order valence-corrected chi connectivity index (χ3v) is 4.66. The van der Waals surface area contributed by atoms with E-state index in [9.17, 15) is 9.90 Å². The highest BCUT2D eigenvalue weighted by molar-refractivity contribution is 7.10. The van der Waals surface area contributed by atoms with Gasteiger partial charge in [-0.2, -0.15) is 0 Å². The zero-order valence-corrected chi connectivity index (χ0v) is 14.1. The molecule has 0 fully saturated rings. The zero-order valence-electron chi connectivity index (χ0n) is 13.3. The molecule has 0 aliphatic heterocycles. The normalized spacial score (nSPS) is 15.1. The highest BCUT2D eigenvalue weighted by atomic mass is 32.1. The van der Waals surface area contributed by atoms with Crippen molar-refractivity contribution in [1.29, 1.82) is 0 Å². The monoisotopic (exact) mass is 322 g/mol. The number of thiophene rings is 1. The molecule has 2 heterocycles. The van der Waals surface area contributed by atoms with Crippen molar-refractivity contribution in [2.75, 3.05) is 6.54 Å². The fourth-order valence-corrected chi connectivity index (χ4v) is 3.12. The number of aliphatic hydroxyl groups is 1. The molecule has 2 atom stereocenters. The summed E-state index contributed by atoms with van der Waals surface area (Å²) in [7, 11) is 0. The van der Waals surface area contributed by atoms with E-state index in [0.717, 1.165) is 22.0 Å². The number of hydrogen-bond donors (Lipinski definition) is 3. The third-order valence-electron chi connectivity index (χ3n) is 3.54. The fraction of sp³-hybridized carbons (Fsp3) is 0.438. The van der Waals surface area contributed by atoms with Gasteiger partial charge < -0.3 is 20.2 Å². The molecule has 0 aromatic carbocycles. The predicted octanol–water partition coefficient (Wildman–Crippen LogP) is 3.23. The van der Waals surface area contributed by atoms with Gasteiger partial charge in [-0.1, -0.05) is 6.07 Å². The average Bonchev–Trinajstić information content (AvgIpc) is 3.06. The average molecular weight is 322 g/mol. The molecule has 2 amide bonds. The minimum Gasteiger partial charge on any atom is -0.466 e. The summed E-state index contributed by atoms with van der Waals surface area (Å²) in [5, 5.41) is 17.8. The van der Waals surface area contributed by atoms with Gasteiger partial charge in [0.25, 0.3) is 0 Å². The van der Waals surface area contributed by atoms with Crippen molar-refractivity contribution in [2.45, 2.75) is 39.3 Å². The van der Waals surface area contributed by atoms with Gasteiger partial charge in [0.05, 0.1) is 12.6 Å². The maximum absolute atomic E-state index is 12.0. The Labute approximate surface area is 134 Å². The van der Waals surface area contributed by atoms with E-state index in [1.165, 1.54) is 11.3 Å². The lowest BCUT2D eigenvalue weighted by Crippen LogP contribution is -2.43. The van der Waals surface area contributed by atoms with E-state index < -0.39 is 5.60 Å². The van der Waals surface area contributed by atoms with Gasteiger partial charge in [-0.15, -0.1) is 11.3 Å². The van der Waals surface area contributed by atoms with Crippen LogP contribution in [0.3, 0.4) is 0 Å². The smallest absolute Gasteiger partial charge is 0.315 e. The molecule has 120 valence electrons. The summed E-state index contributed by atoms with van der Waals surface area (Å²) in [4.78, 5) is 12.8. The second kappa shape index (κ2) is 6.54. The van der Waals surface area contributed by atoms with Crippen LogP contribution < -0.4 is 10.6 Å². The lowest BCUT2D eigenvalue weighted by Gasteiger charge is -2.23. The van der Waals surface area contributed by atoms with E-state index in [0.29, 0.717) is 0 Å². The van der Waals surface area contributed by atoms with Crippen molar-refractivity contribution in [3.63, 3.8) is 0 Å². The van der Waals surface area contributed by atoms with Gasteiger partial charge in [0.2, 0.25) is 0 Å². The van der Waals surface area contributed by atoms with Crippen molar-refractivity contribution in [3.05, 3.63) is 45.5 Å². The SMILES string of the molecule is Cc1cc(C(C)NC(=O)NCC(C)(O)c2cccs2)c(C)o1. The first-order valence-corrected chi connectivity index (χ1v) is 8.05. The Kier molecular flexibility index (Phi) is 4.93. The Bertz CT molecular complexity index is 632. The number of nitrogens with one attached hydrogen (secondary N) is 2. The lowest BCUT2D eigenvalue weighted by molar-refractivity contribution is 0.0630. The first-order valence-electron chi connectivity index (χ1n) is 7.17. The summed E-state index contributed by atoms with van der Waals surface area (Å²) in [6, 6.07) is 5.17. The molecule has 2 aromatic rings. The van der Waals surface area contributed by atoms with Crippen LogP contribution in [0, 0.1) is 13.8 Å². The topological polar surface area (TPSA) is 74.5 Å². The highest BCUT2D eigenvalue weighted by Gasteiger charge is 2.25. The molecule has 0 aliphatic carbocycles. The summed E-state index contributed by atoms with van der Waals surface area (Å²) in [6.07, 6.45) is 0. The van der Waals surface area contributed by atoms with Gasteiger partial charge >= 0.3 is 6.03 Å². The Morgan fingerprint density at radius 1 is 1.50 bits per heavy atom. The van der Waals surface area contributed by atoms with Crippen molar-refractivity contribution in [2.24, 2.45) is 0 Å². The van der Waals surface area contributed by atoms with E-state index in [2.05, 4.69) is 10.6 Å². The first-order chi connectivity index (χ1) is 10.3. The number of hydrogen-bond acceptors (Lipinski definition) is 4. The molecular formula is C16H22N2O3S. The predicted molar refractivity (Wildman–Crippen MR) is 87.0 cm³/mol. The lowest BCUT2D eigenvalue weighted by atomic mass is 10.1. The summed E-state index contributed by atoms with van der Waals surface area (Å²) in [5.41, 5.74) is -0.116. The first kappa shape index (κ1) is 16.6. The van der Waals surface area contributed by atoms with Gasteiger partial charge in [0, 0.05) is 10.4 Å². The molecule has 5 nitrogen and oxygen atoms in total. The molecule has 2 aromatic heterocycles. The Morgan fingerprint density at radius 2 is 2.23 bits per heavy atom. The number of urea groups is 1. The molecule has 0 saturated heterocycles. The number of furan rings is 1. The van der Waals surface area contributed by atoms with Crippen molar-refractivity contribution in [1.82, 2.24) is 10.6 Å². The largest absolute Gasteiger partial charge is 0.466 e. The maximum atomic E-state index is 12.0. The molecule has 6 heteroatoms. The van der Waals surface area contributed by atoms with Crippen LogP contribution >= 0.6 is 11.3 Å². The molecule has 2 unspecified atom stereocenters. The van der Waals surface area contributed by atoms with E-state index in [1.807, 2.05) is 44.4 Å². The summed E-state index contributed by atoms with van der Waals surface area (Å²) < 4.78 is 5.47. The highest BCUT2D eigenvalue weighted by Crippen LogP contribution is 2.24. The Balaban J connectivity index is 1.89. The van der Waals surface area contributed by atoms with Crippen LogP contribution in [0.2, 0.25) is 0 Å². The number of amides is 2. The van der Waals surface area contributed by atoms with Gasteiger partial charge in [-0.25, -0.2) is 4.79 Å². The second-order valence-electron chi connectivity index (χ2n) is 5.67. The van der Waals surface area contributed by atoms with Gasteiger partial charge in [0.15, 0.2) is 0 Å². The van der Waals surface area contributed by atoms with Crippen LogP contribution in [-0.4, -0.2) is 17.7 Å². The zero-order chi connectivity index (χ0) is 16.3. The number of carbonyl (C=O) groups is 1. The van der Waals surface area contributed by atoms with E-state index in [-0.39, 0.29) is 18.6 Å². The van der Waals surface area contributed by atoms with Gasteiger partial charge in [0.1, 0.15) is 17.1 Å². The quantitative estimate of drug-likeness (QED) is 0.791. The van der Waals surface area contributed by atoms with Crippen LogP contribution in [0.25, 0.3) is 0 Å². The molecule has 3 N–H and O–H groups in total. The second-order valence-corrected chi connectivity index (χ2v) is 6.62. The molecule has 22 heavy (non-hydrogen) atoms. The molecular weight excluding hydrogens is 300 g/mol. The van der Waals surface area contributed by atoms with Crippen LogP contribution in [0.4, 0.5) is 4.79 Å². The summed E-state index contributed by atoms with van der Waals surface area (Å²) >= 11 is 1.46. The third kappa shape index (κ3) is 3.90. The number of aryl methyl sites for hydroxylation is 2. The van der Waals surface area contributed by atoms with Gasteiger partial charge in [-0.05, 0) is 45.2 Å². The minimum atomic E-state index is -1.07. The number of carbonyl (C=O) groups excluding carboxylic acids is 1. The standard InChI is InChI=1S/C16H22N2O3S/c1-10-8-13(12(3)21-10)11(2)18-15(19)17-9-16(4,20)14-6-5-7-22-14/h5-8,11,20H,9H2,1-4H3,(H2,17,18,19). The molecule has 2 rings (SSSR count). The van der Waals surface area contributed by atoms with Crippen molar-refractivity contribution in [3.8, 4) is 0 Å². The molecule has 0 aliphatic rings. The van der Waals surface area contributed by atoms with Crippen LogP contribution in [-0.2, 0) is 5.60 Å². The summed E-state index contributed by atoms with van der Waals surface area (Å²) in [5.74, 6) is 1.62. The van der Waals surface area contributed by atoms with E-state index in [4.69, 9.17) is 4.42 Å². The van der Waals surface area contributed by atoms with E-state index >= 15 is 0 Å².